The van der Waals surface area contributed by atoms with Crippen molar-refractivity contribution in [1.82, 2.24) is 0 Å². The number of rotatable bonds is 5. The van der Waals surface area contributed by atoms with Crippen LogP contribution in [-0.2, 0) is 9.53 Å². The van der Waals surface area contributed by atoms with Crippen molar-refractivity contribution in [2.24, 2.45) is 5.92 Å². The molecule has 1 aromatic carbocycles. The highest BCUT2D eigenvalue weighted by Crippen LogP contribution is 2.25. The molecule has 0 spiro atoms. The van der Waals surface area contributed by atoms with Crippen LogP contribution in [0.2, 0.25) is 0 Å². The van der Waals surface area contributed by atoms with Crippen LogP contribution in [0, 0.1) is 5.92 Å². The lowest BCUT2D eigenvalue weighted by Crippen LogP contribution is -2.23. The number of methoxy groups -OCH3 is 1. The Balaban J connectivity index is 2.86. The van der Waals surface area contributed by atoms with Gasteiger partial charge >= 0.3 is 5.97 Å². The Morgan fingerprint density at radius 2 is 2.12 bits per heavy atom. The van der Waals surface area contributed by atoms with Crippen molar-refractivity contribution >= 4 is 5.97 Å². The van der Waals surface area contributed by atoms with Crippen molar-refractivity contribution in [3.8, 4) is 0 Å². The van der Waals surface area contributed by atoms with Gasteiger partial charge in [0.1, 0.15) is 0 Å². The summed E-state index contributed by atoms with van der Waals surface area (Å²) in [6.45, 7) is 3.57. The van der Waals surface area contributed by atoms with Crippen LogP contribution in [0.5, 0.6) is 0 Å². The predicted molar refractivity (Wildman–Crippen MR) is 61.7 cm³/mol. The summed E-state index contributed by atoms with van der Waals surface area (Å²) in [7, 11) is 1.32. The SMILES string of the molecule is C=CC[C@@H](C(=O)OC)[C@@H](O)c1ccccc1. The minimum atomic E-state index is -0.855. The van der Waals surface area contributed by atoms with Crippen LogP contribution < -0.4 is 0 Å². The highest BCUT2D eigenvalue weighted by atomic mass is 16.5. The number of benzene rings is 1. The fourth-order valence-corrected chi connectivity index (χ4v) is 1.57. The third kappa shape index (κ3) is 2.94. The lowest BCUT2D eigenvalue weighted by atomic mass is 9.93. The number of allylic oxidation sites excluding steroid dienone is 1. The average molecular weight is 220 g/mol. The zero-order valence-electron chi connectivity index (χ0n) is 9.30. The summed E-state index contributed by atoms with van der Waals surface area (Å²) in [5.74, 6) is -1.01. The fourth-order valence-electron chi connectivity index (χ4n) is 1.57. The molecule has 0 aromatic heterocycles. The van der Waals surface area contributed by atoms with Gasteiger partial charge in [-0.05, 0) is 12.0 Å². The van der Waals surface area contributed by atoms with E-state index in [1.807, 2.05) is 18.2 Å². The van der Waals surface area contributed by atoms with Crippen LogP contribution in [0.4, 0.5) is 0 Å². The lowest BCUT2D eigenvalue weighted by Gasteiger charge is -2.19. The lowest BCUT2D eigenvalue weighted by molar-refractivity contribution is -0.149. The molecule has 0 saturated carbocycles. The molecule has 0 unspecified atom stereocenters. The van der Waals surface area contributed by atoms with E-state index in [0.717, 1.165) is 0 Å². The second kappa shape index (κ2) is 6.08. The van der Waals surface area contributed by atoms with E-state index in [2.05, 4.69) is 11.3 Å². The van der Waals surface area contributed by atoms with Crippen molar-refractivity contribution < 1.29 is 14.6 Å². The predicted octanol–water partition coefficient (Wildman–Crippen LogP) is 2.09. The molecule has 3 nitrogen and oxygen atoms in total. The number of ether oxygens (including phenoxy) is 1. The Morgan fingerprint density at radius 3 is 2.62 bits per heavy atom. The standard InChI is InChI=1S/C13H16O3/c1-3-7-11(13(15)16-2)12(14)10-8-5-4-6-9-10/h3-6,8-9,11-12,14H,1,7H2,2H3/t11-,12+/m1/s1. The molecule has 3 heteroatoms. The Morgan fingerprint density at radius 1 is 1.50 bits per heavy atom. The minimum absolute atomic E-state index is 0.392. The first-order chi connectivity index (χ1) is 7.70. The number of aliphatic hydroxyl groups excluding tert-OH is 1. The number of esters is 1. The van der Waals surface area contributed by atoms with Gasteiger partial charge < -0.3 is 9.84 Å². The molecule has 0 amide bonds. The molecule has 0 saturated heterocycles. The molecule has 86 valence electrons. The molecular formula is C13H16O3. The van der Waals surface area contributed by atoms with Crippen LogP contribution in [0.25, 0.3) is 0 Å². The van der Waals surface area contributed by atoms with E-state index in [-0.39, 0.29) is 0 Å². The van der Waals surface area contributed by atoms with Gasteiger partial charge in [-0.3, -0.25) is 4.79 Å². The van der Waals surface area contributed by atoms with E-state index in [9.17, 15) is 9.90 Å². The van der Waals surface area contributed by atoms with E-state index in [0.29, 0.717) is 12.0 Å². The molecule has 0 aliphatic carbocycles. The smallest absolute Gasteiger partial charge is 0.311 e. The van der Waals surface area contributed by atoms with Crippen LogP contribution in [0.3, 0.4) is 0 Å². The van der Waals surface area contributed by atoms with Crippen LogP contribution in [0.1, 0.15) is 18.1 Å². The molecule has 16 heavy (non-hydrogen) atoms. The third-order valence-corrected chi connectivity index (χ3v) is 2.45. The van der Waals surface area contributed by atoms with Crippen LogP contribution in [-0.4, -0.2) is 18.2 Å². The summed E-state index contributed by atoms with van der Waals surface area (Å²) < 4.78 is 4.66. The Kier molecular flexibility index (Phi) is 4.73. The second-order valence-electron chi connectivity index (χ2n) is 3.51. The van der Waals surface area contributed by atoms with Gasteiger partial charge in [0.2, 0.25) is 0 Å². The quantitative estimate of drug-likeness (QED) is 0.610. The summed E-state index contributed by atoms with van der Waals surface area (Å²) in [5.41, 5.74) is 0.708. The Hall–Kier alpha value is -1.61. The first-order valence-electron chi connectivity index (χ1n) is 5.12. The molecule has 2 atom stereocenters. The van der Waals surface area contributed by atoms with E-state index >= 15 is 0 Å². The summed E-state index contributed by atoms with van der Waals surface area (Å²) in [5, 5.41) is 10.1. The largest absolute Gasteiger partial charge is 0.469 e. The number of carbonyl (C=O) groups is 1. The van der Waals surface area contributed by atoms with E-state index in [1.165, 1.54) is 7.11 Å². The highest BCUT2D eigenvalue weighted by molar-refractivity contribution is 5.73. The summed E-state index contributed by atoms with van der Waals surface area (Å²) in [6.07, 6.45) is 1.14. The zero-order chi connectivity index (χ0) is 12.0. The maximum Gasteiger partial charge on any atom is 0.311 e. The summed E-state index contributed by atoms with van der Waals surface area (Å²) in [6, 6.07) is 9.06. The van der Waals surface area contributed by atoms with Crippen molar-refractivity contribution in [3.63, 3.8) is 0 Å². The van der Waals surface area contributed by atoms with Crippen LogP contribution >= 0.6 is 0 Å². The van der Waals surface area contributed by atoms with Crippen molar-refractivity contribution in [1.29, 1.82) is 0 Å². The molecule has 0 fully saturated rings. The molecule has 0 radical (unpaired) electrons. The molecule has 1 N–H and O–H groups in total. The fraction of sp³-hybridized carbons (Fsp3) is 0.308. The molecule has 0 heterocycles. The number of hydrogen-bond donors (Lipinski definition) is 1. The van der Waals surface area contributed by atoms with E-state index in [4.69, 9.17) is 0 Å². The average Bonchev–Trinajstić information content (AvgIpc) is 2.35. The van der Waals surface area contributed by atoms with Gasteiger partial charge in [0.05, 0.1) is 19.1 Å². The number of aliphatic hydroxyl groups is 1. The molecule has 1 rings (SSSR count). The van der Waals surface area contributed by atoms with Crippen molar-refractivity contribution in [2.75, 3.05) is 7.11 Å². The van der Waals surface area contributed by atoms with E-state index < -0.39 is 18.0 Å². The molecule has 1 aromatic rings. The topological polar surface area (TPSA) is 46.5 Å². The van der Waals surface area contributed by atoms with Gasteiger partial charge in [-0.15, -0.1) is 6.58 Å². The second-order valence-corrected chi connectivity index (χ2v) is 3.51. The minimum Gasteiger partial charge on any atom is -0.469 e. The molecular weight excluding hydrogens is 204 g/mol. The van der Waals surface area contributed by atoms with Gasteiger partial charge in [0, 0.05) is 0 Å². The normalized spacial score (nSPS) is 13.9. The maximum atomic E-state index is 11.5. The zero-order valence-corrected chi connectivity index (χ0v) is 9.30. The number of carbonyl (C=O) groups excluding carboxylic acids is 1. The molecule has 0 bridgehead atoms. The first-order valence-corrected chi connectivity index (χ1v) is 5.12. The van der Waals surface area contributed by atoms with Gasteiger partial charge in [-0.25, -0.2) is 0 Å². The third-order valence-electron chi connectivity index (χ3n) is 2.45. The van der Waals surface area contributed by atoms with Crippen molar-refractivity contribution in [3.05, 3.63) is 48.6 Å². The summed E-state index contributed by atoms with van der Waals surface area (Å²) >= 11 is 0. The molecule has 0 aliphatic rings. The summed E-state index contributed by atoms with van der Waals surface area (Å²) in [4.78, 5) is 11.5. The van der Waals surface area contributed by atoms with Gasteiger partial charge in [-0.1, -0.05) is 36.4 Å². The van der Waals surface area contributed by atoms with Gasteiger partial charge in [-0.2, -0.15) is 0 Å². The maximum absolute atomic E-state index is 11.5. The van der Waals surface area contributed by atoms with Gasteiger partial charge in [0.25, 0.3) is 0 Å². The first kappa shape index (κ1) is 12.5. The van der Waals surface area contributed by atoms with E-state index in [1.54, 1.807) is 18.2 Å². The molecule has 0 aliphatic heterocycles. The Labute approximate surface area is 95.4 Å². The van der Waals surface area contributed by atoms with Crippen LogP contribution in [0.15, 0.2) is 43.0 Å². The van der Waals surface area contributed by atoms with Crippen molar-refractivity contribution in [2.45, 2.75) is 12.5 Å². The Bertz CT molecular complexity index is 345. The number of hydrogen-bond acceptors (Lipinski definition) is 3. The van der Waals surface area contributed by atoms with Gasteiger partial charge in [0.15, 0.2) is 0 Å². The highest BCUT2D eigenvalue weighted by Gasteiger charge is 2.27. The monoisotopic (exact) mass is 220 g/mol.